The first-order chi connectivity index (χ1) is 15.5. The number of para-hydroxylation sites is 1. The molecule has 4 rings (SSSR count). The summed E-state index contributed by atoms with van der Waals surface area (Å²) in [6.07, 6.45) is 2.57. The zero-order valence-electron chi connectivity index (χ0n) is 18.3. The number of morpholine rings is 1. The molecule has 0 spiro atoms. The Kier molecular flexibility index (Phi) is 6.27. The summed E-state index contributed by atoms with van der Waals surface area (Å²) in [5.74, 6) is 0.124. The summed E-state index contributed by atoms with van der Waals surface area (Å²) in [5.41, 5.74) is 2.29. The number of pyridine rings is 1. The minimum atomic E-state index is -0.444. The smallest absolute Gasteiger partial charge is 0.257 e. The number of hydrogen-bond acceptors (Lipinski definition) is 7. The van der Waals surface area contributed by atoms with Crippen molar-refractivity contribution in [3.05, 3.63) is 59.5 Å². The summed E-state index contributed by atoms with van der Waals surface area (Å²) in [6, 6.07) is 9.30. The lowest BCUT2D eigenvalue weighted by atomic mass is 10.0. The number of hydrogen-bond donors (Lipinski definition) is 2. The molecule has 9 nitrogen and oxygen atoms in total. The van der Waals surface area contributed by atoms with Crippen LogP contribution in [0, 0.1) is 0 Å². The molecule has 1 atom stereocenters. The van der Waals surface area contributed by atoms with Gasteiger partial charge in [0.05, 0.1) is 35.5 Å². The Labute approximate surface area is 186 Å². The van der Waals surface area contributed by atoms with Crippen LogP contribution in [-0.2, 0) is 4.74 Å². The van der Waals surface area contributed by atoms with Crippen molar-refractivity contribution in [2.75, 3.05) is 32.1 Å². The molecule has 1 aliphatic rings. The van der Waals surface area contributed by atoms with Crippen LogP contribution < -0.4 is 10.6 Å². The summed E-state index contributed by atoms with van der Waals surface area (Å²) < 4.78 is 5.95. The molecule has 0 radical (unpaired) electrons. The number of fused-ring (bicyclic) bond motifs is 1. The standard InChI is InChI=1S/C23H26N6O3/c1-14(2)27-21(30)17-10-19(28-18-7-5-4-6-16(17)18)20-13-29(8-9-32-20)22(31)15-11-25-23(24-3)26-12-15/h4-7,10-12,14,20H,8-9,13H2,1-3H3,(H,27,30)(H,24,25,26)/t20-/m0/s1. The molecule has 1 aliphatic heterocycles. The van der Waals surface area contributed by atoms with Crippen LogP contribution in [0.2, 0.25) is 0 Å². The van der Waals surface area contributed by atoms with Gasteiger partial charge in [-0.2, -0.15) is 0 Å². The largest absolute Gasteiger partial charge is 0.368 e. The zero-order chi connectivity index (χ0) is 22.7. The second-order valence-electron chi connectivity index (χ2n) is 7.90. The van der Waals surface area contributed by atoms with Crippen molar-refractivity contribution in [2.45, 2.75) is 26.0 Å². The normalized spacial score (nSPS) is 16.2. The van der Waals surface area contributed by atoms with E-state index < -0.39 is 6.10 Å². The Morgan fingerprint density at radius 2 is 1.94 bits per heavy atom. The van der Waals surface area contributed by atoms with Gasteiger partial charge in [-0.25, -0.2) is 15.0 Å². The van der Waals surface area contributed by atoms with Crippen LogP contribution in [0.1, 0.15) is 46.4 Å². The highest BCUT2D eigenvalue weighted by atomic mass is 16.5. The maximum absolute atomic E-state index is 13.0. The van der Waals surface area contributed by atoms with Crippen LogP contribution in [-0.4, -0.2) is 64.5 Å². The second-order valence-corrected chi connectivity index (χ2v) is 7.90. The molecule has 3 aromatic rings. The monoisotopic (exact) mass is 434 g/mol. The molecule has 166 valence electrons. The molecule has 1 fully saturated rings. The van der Waals surface area contributed by atoms with Crippen molar-refractivity contribution in [3.63, 3.8) is 0 Å². The van der Waals surface area contributed by atoms with Crippen LogP contribution >= 0.6 is 0 Å². The molecule has 0 aliphatic carbocycles. The third-order valence-electron chi connectivity index (χ3n) is 5.21. The van der Waals surface area contributed by atoms with E-state index in [1.54, 1.807) is 18.0 Å². The number of nitrogens with one attached hydrogen (secondary N) is 2. The van der Waals surface area contributed by atoms with Gasteiger partial charge in [-0.15, -0.1) is 0 Å². The molecule has 2 N–H and O–H groups in total. The van der Waals surface area contributed by atoms with Gasteiger partial charge in [-0.05, 0) is 26.0 Å². The number of anilines is 1. The Hall–Kier alpha value is -3.59. The number of amides is 2. The SMILES string of the molecule is CNc1ncc(C(=O)N2CCO[C@H](c3cc(C(=O)NC(C)C)c4ccccc4n3)C2)cn1. The van der Waals surface area contributed by atoms with Crippen molar-refractivity contribution in [1.29, 1.82) is 0 Å². The number of ether oxygens (including phenoxy) is 1. The Bertz CT molecular complexity index is 1130. The van der Waals surface area contributed by atoms with Crippen LogP contribution in [0.15, 0.2) is 42.7 Å². The van der Waals surface area contributed by atoms with Gasteiger partial charge >= 0.3 is 0 Å². The van der Waals surface area contributed by atoms with Gasteiger partial charge in [0.1, 0.15) is 6.10 Å². The average Bonchev–Trinajstić information content (AvgIpc) is 2.82. The lowest BCUT2D eigenvalue weighted by Gasteiger charge is -2.33. The quantitative estimate of drug-likeness (QED) is 0.635. The van der Waals surface area contributed by atoms with Crippen molar-refractivity contribution in [2.24, 2.45) is 0 Å². The van der Waals surface area contributed by atoms with Crippen LogP contribution in [0.25, 0.3) is 10.9 Å². The first kappa shape index (κ1) is 21.6. The molecule has 0 unspecified atom stereocenters. The van der Waals surface area contributed by atoms with E-state index in [2.05, 4.69) is 20.6 Å². The number of carbonyl (C=O) groups is 2. The number of benzene rings is 1. The van der Waals surface area contributed by atoms with Gasteiger partial charge in [0, 0.05) is 37.4 Å². The molecule has 3 heterocycles. The minimum absolute atomic E-state index is 0.00781. The predicted molar refractivity (Wildman–Crippen MR) is 121 cm³/mol. The van der Waals surface area contributed by atoms with Crippen molar-refractivity contribution >= 4 is 28.7 Å². The minimum Gasteiger partial charge on any atom is -0.368 e. The maximum Gasteiger partial charge on any atom is 0.257 e. The topological polar surface area (TPSA) is 109 Å². The highest BCUT2D eigenvalue weighted by Gasteiger charge is 2.28. The maximum atomic E-state index is 13.0. The molecular weight excluding hydrogens is 408 g/mol. The van der Waals surface area contributed by atoms with Gasteiger partial charge in [-0.3, -0.25) is 9.59 Å². The van der Waals surface area contributed by atoms with Gasteiger partial charge < -0.3 is 20.3 Å². The highest BCUT2D eigenvalue weighted by Crippen LogP contribution is 2.27. The van der Waals surface area contributed by atoms with E-state index in [0.29, 0.717) is 48.0 Å². The fourth-order valence-corrected chi connectivity index (χ4v) is 3.65. The fourth-order valence-electron chi connectivity index (χ4n) is 3.65. The first-order valence-electron chi connectivity index (χ1n) is 10.6. The number of aromatic nitrogens is 3. The van der Waals surface area contributed by atoms with Crippen LogP contribution in [0.3, 0.4) is 0 Å². The van der Waals surface area contributed by atoms with Crippen LogP contribution in [0.4, 0.5) is 5.95 Å². The number of nitrogens with zero attached hydrogens (tertiary/aromatic N) is 4. The molecule has 0 saturated carbocycles. The van der Waals surface area contributed by atoms with E-state index in [9.17, 15) is 9.59 Å². The third-order valence-corrected chi connectivity index (χ3v) is 5.21. The van der Waals surface area contributed by atoms with E-state index in [1.807, 2.05) is 38.1 Å². The molecule has 9 heteroatoms. The average molecular weight is 435 g/mol. The zero-order valence-corrected chi connectivity index (χ0v) is 18.3. The molecular formula is C23H26N6O3. The molecule has 2 amide bonds. The summed E-state index contributed by atoms with van der Waals surface area (Å²) in [7, 11) is 1.72. The van der Waals surface area contributed by atoms with E-state index in [4.69, 9.17) is 9.72 Å². The molecule has 1 aromatic carbocycles. The Morgan fingerprint density at radius 1 is 1.19 bits per heavy atom. The fraction of sp³-hybridized carbons (Fsp3) is 0.348. The van der Waals surface area contributed by atoms with Gasteiger partial charge in [0.15, 0.2) is 0 Å². The summed E-state index contributed by atoms with van der Waals surface area (Å²) in [6.45, 7) is 4.99. The molecule has 32 heavy (non-hydrogen) atoms. The van der Waals surface area contributed by atoms with E-state index >= 15 is 0 Å². The second kappa shape index (κ2) is 9.27. The summed E-state index contributed by atoms with van der Waals surface area (Å²) in [5, 5.41) is 6.56. The molecule has 0 bridgehead atoms. The van der Waals surface area contributed by atoms with E-state index in [1.165, 1.54) is 12.4 Å². The van der Waals surface area contributed by atoms with Crippen molar-refractivity contribution in [3.8, 4) is 0 Å². The summed E-state index contributed by atoms with van der Waals surface area (Å²) in [4.78, 5) is 40.5. The third kappa shape index (κ3) is 4.52. The molecule has 1 saturated heterocycles. The van der Waals surface area contributed by atoms with Crippen molar-refractivity contribution in [1.82, 2.24) is 25.2 Å². The van der Waals surface area contributed by atoms with E-state index in [0.717, 1.165) is 5.39 Å². The lowest BCUT2D eigenvalue weighted by molar-refractivity contribution is -0.0246. The van der Waals surface area contributed by atoms with Gasteiger partial charge in [-0.1, -0.05) is 18.2 Å². The molecule has 2 aromatic heterocycles. The predicted octanol–water partition coefficient (Wildman–Crippen LogP) is 2.42. The van der Waals surface area contributed by atoms with Crippen LogP contribution in [0.5, 0.6) is 0 Å². The number of carbonyl (C=O) groups excluding carboxylic acids is 2. The summed E-state index contributed by atoms with van der Waals surface area (Å²) >= 11 is 0. The lowest BCUT2D eigenvalue weighted by Crippen LogP contribution is -2.42. The van der Waals surface area contributed by atoms with Crippen molar-refractivity contribution < 1.29 is 14.3 Å². The highest BCUT2D eigenvalue weighted by molar-refractivity contribution is 6.06. The van der Waals surface area contributed by atoms with Gasteiger partial charge in [0.2, 0.25) is 5.95 Å². The Balaban J connectivity index is 1.61. The van der Waals surface area contributed by atoms with Gasteiger partial charge in [0.25, 0.3) is 11.8 Å². The van der Waals surface area contributed by atoms with E-state index in [-0.39, 0.29) is 17.9 Å². The number of rotatable bonds is 5. The first-order valence-corrected chi connectivity index (χ1v) is 10.6. The Morgan fingerprint density at radius 3 is 2.66 bits per heavy atom.